The number of aliphatic carboxylic acids is 3. The van der Waals surface area contributed by atoms with E-state index in [1.807, 2.05) is 0 Å². The van der Waals surface area contributed by atoms with E-state index in [1.165, 1.54) is 12.1 Å². The maximum atomic E-state index is 11.0. The van der Waals surface area contributed by atoms with Crippen molar-refractivity contribution < 1.29 is 34.8 Å². The Labute approximate surface area is 94.6 Å². The predicted octanol–water partition coefficient (Wildman–Crippen LogP) is -0.116. The second kappa shape index (κ2) is 4.12. The van der Waals surface area contributed by atoms with E-state index in [2.05, 4.69) is 0 Å². The van der Waals surface area contributed by atoms with E-state index in [4.69, 9.17) is 15.3 Å². The van der Waals surface area contributed by atoms with E-state index in [1.54, 1.807) is 0 Å². The van der Waals surface area contributed by atoms with Gasteiger partial charge >= 0.3 is 17.9 Å². The van der Waals surface area contributed by atoms with Gasteiger partial charge in [-0.1, -0.05) is 18.2 Å². The van der Waals surface area contributed by atoms with E-state index in [0.717, 1.165) is 12.1 Å². The van der Waals surface area contributed by atoms with Crippen molar-refractivity contribution in [2.24, 2.45) is 0 Å². The van der Waals surface area contributed by atoms with Crippen molar-refractivity contribution in [3.63, 3.8) is 0 Å². The number of para-hydroxylation sites is 1. The van der Waals surface area contributed by atoms with Crippen molar-refractivity contribution in [3.8, 4) is 5.75 Å². The topological polar surface area (TPSA) is 132 Å². The van der Waals surface area contributed by atoms with E-state index in [0.29, 0.717) is 0 Å². The van der Waals surface area contributed by atoms with Gasteiger partial charge in [0.2, 0.25) is 0 Å². The van der Waals surface area contributed by atoms with Gasteiger partial charge in [0.15, 0.2) is 0 Å². The van der Waals surface area contributed by atoms with Crippen LogP contribution in [0.5, 0.6) is 5.75 Å². The molecular weight excluding hydrogens is 232 g/mol. The fraction of sp³-hybridized carbons (Fsp3) is 0.100. The number of carbonyl (C=O) groups is 3. The first kappa shape index (κ1) is 12.5. The summed E-state index contributed by atoms with van der Waals surface area (Å²) < 4.78 is 0. The number of rotatable bonds is 4. The van der Waals surface area contributed by atoms with Crippen LogP contribution in [-0.4, -0.2) is 38.3 Å². The lowest BCUT2D eigenvalue weighted by Gasteiger charge is -2.21. The fourth-order valence-electron chi connectivity index (χ4n) is 1.41. The van der Waals surface area contributed by atoms with Crippen LogP contribution >= 0.6 is 0 Å². The van der Waals surface area contributed by atoms with Gasteiger partial charge in [-0.15, -0.1) is 0 Å². The zero-order valence-electron chi connectivity index (χ0n) is 8.32. The second-order valence-electron chi connectivity index (χ2n) is 3.18. The molecule has 0 fully saturated rings. The highest BCUT2D eigenvalue weighted by Crippen LogP contribution is 2.32. The predicted molar refractivity (Wildman–Crippen MR) is 52.7 cm³/mol. The molecule has 0 unspecified atom stereocenters. The lowest BCUT2D eigenvalue weighted by atomic mass is 9.80. The van der Waals surface area contributed by atoms with Crippen molar-refractivity contribution in [1.82, 2.24) is 0 Å². The first-order valence-corrected chi connectivity index (χ1v) is 4.33. The molecule has 0 bridgehead atoms. The summed E-state index contributed by atoms with van der Waals surface area (Å²) in [7, 11) is 0. The highest BCUT2D eigenvalue weighted by molar-refractivity contribution is 6.22. The normalized spacial score (nSPS) is 10.8. The van der Waals surface area contributed by atoms with Crippen LogP contribution in [0.4, 0.5) is 0 Å². The van der Waals surface area contributed by atoms with Gasteiger partial charge in [0.1, 0.15) is 5.75 Å². The molecule has 17 heavy (non-hydrogen) atoms. The molecule has 0 atom stereocenters. The Morgan fingerprint density at radius 1 is 0.882 bits per heavy atom. The van der Waals surface area contributed by atoms with Gasteiger partial charge in [-0.05, 0) is 6.07 Å². The minimum Gasteiger partial charge on any atom is -0.508 e. The number of aromatic hydroxyl groups is 1. The molecule has 0 aromatic heterocycles. The van der Waals surface area contributed by atoms with Gasteiger partial charge < -0.3 is 20.4 Å². The fourth-order valence-corrected chi connectivity index (χ4v) is 1.41. The van der Waals surface area contributed by atoms with Gasteiger partial charge in [-0.3, -0.25) is 0 Å². The van der Waals surface area contributed by atoms with Crippen LogP contribution in [0.15, 0.2) is 24.3 Å². The standard InChI is InChI=1S/C10H8O7/c11-6-4-2-1-3-5(6)10(7(12)13,8(14)15)9(16)17/h1-4,11H,(H,12,13)(H,14,15)(H,16,17). The highest BCUT2D eigenvalue weighted by Gasteiger charge is 2.57. The summed E-state index contributed by atoms with van der Waals surface area (Å²) in [5, 5.41) is 36.0. The van der Waals surface area contributed by atoms with Crippen molar-refractivity contribution in [1.29, 1.82) is 0 Å². The number of hydrogen-bond acceptors (Lipinski definition) is 4. The maximum Gasteiger partial charge on any atom is 0.337 e. The zero-order valence-corrected chi connectivity index (χ0v) is 8.32. The molecule has 0 amide bonds. The SMILES string of the molecule is O=C(O)C(C(=O)O)(C(=O)O)c1ccccc1O. The first-order valence-electron chi connectivity index (χ1n) is 4.33. The average Bonchev–Trinajstić information content (AvgIpc) is 2.19. The second-order valence-corrected chi connectivity index (χ2v) is 3.18. The summed E-state index contributed by atoms with van der Waals surface area (Å²) in [6.45, 7) is 0. The average molecular weight is 240 g/mol. The van der Waals surface area contributed by atoms with E-state index < -0.39 is 34.6 Å². The highest BCUT2D eigenvalue weighted by atomic mass is 16.4. The molecule has 4 N–H and O–H groups in total. The molecule has 0 spiro atoms. The third-order valence-electron chi connectivity index (χ3n) is 2.27. The van der Waals surface area contributed by atoms with Crippen LogP contribution in [0.25, 0.3) is 0 Å². The van der Waals surface area contributed by atoms with Gasteiger partial charge in [0, 0.05) is 5.56 Å². The molecule has 0 heterocycles. The molecule has 7 nitrogen and oxygen atoms in total. The van der Waals surface area contributed by atoms with Gasteiger partial charge in [-0.25, -0.2) is 14.4 Å². The molecule has 0 radical (unpaired) electrons. The van der Waals surface area contributed by atoms with Crippen molar-refractivity contribution in [3.05, 3.63) is 29.8 Å². The van der Waals surface area contributed by atoms with Gasteiger partial charge in [0.05, 0.1) is 0 Å². The lowest BCUT2D eigenvalue weighted by molar-refractivity contribution is -0.167. The van der Waals surface area contributed by atoms with Crippen LogP contribution in [-0.2, 0) is 19.8 Å². The quantitative estimate of drug-likeness (QED) is 0.539. The van der Waals surface area contributed by atoms with E-state index >= 15 is 0 Å². The Morgan fingerprint density at radius 3 is 1.65 bits per heavy atom. The number of benzene rings is 1. The Balaban J connectivity index is 3.66. The van der Waals surface area contributed by atoms with Crippen molar-refractivity contribution in [2.75, 3.05) is 0 Å². The number of phenols is 1. The van der Waals surface area contributed by atoms with Crippen LogP contribution in [0.3, 0.4) is 0 Å². The smallest absolute Gasteiger partial charge is 0.337 e. The largest absolute Gasteiger partial charge is 0.508 e. The summed E-state index contributed by atoms with van der Waals surface area (Å²) in [5.74, 6) is -6.96. The molecule has 0 aliphatic carbocycles. The van der Waals surface area contributed by atoms with Gasteiger partial charge in [-0.2, -0.15) is 0 Å². The zero-order chi connectivity index (χ0) is 13.2. The van der Waals surface area contributed by atoms with Crippen LogP contribution in [0, 0.1) is 0 Å². The van der Waals surface area contributed by atoms with Crippen LogP contribution < -0.4 is 0 Å². The molecule has 7 heteroatoms. The Kier molecular flexibility index (Phi) is 3.03. The molecule has 1 rings (SSSR count). The third-order valence-corrected chi connectivity index (χ3v) is 2.27. The summed E-state index contributed by atoms with van der Waals surface area (Å²) in [4.78, 5) is 33.0. The molecule has 0 saturated heterocycles. The molecule has 0 aliphatic rings. The minimum atomic E-state index is -3.22. The van der Waals surface area contributed by atoms with Crippen molar-refractivity contribution in [2.45, 2.75) is 5.41 Å². The summed E-state index contributed by atoms with van der Waals surface area (Å²) in [5.41, 5.74) is -3.92. The lowest BCUT2D eigenvalue weighted by Crippen LogP contribution is -2.50. The van der Waals surface area contributed by atoms with Crippen LogP contribution in [0.1, 0.15) is 5.56 Å². The van der Waals surface area contributed by atoms with Gasteiger partial charge in [0.25, 0.3) is 5.41 Å². The summed E-state index contributed by atoms with van der Waals surface area (Å²) in [6.07, 6.45) is 0. The molecule has 0 aliphatic heterocycles. The molecule has 1 aromatic carbocycles. The number of carboxylic acid groups (broad SMARTS) is 3. The molecule has 1 aromatic rings. The van der Waals surface area contributed by atoms with E-state index in [9.17, 15) is 19.5 Å². The summed E-state index contributed by atoms with van der Waals surface area (Å²) >= 11 is 0. The third kappa shape index (κ3) is 1.67. The Hall–Kier alpha value is -2.57. The summed E-state index contributed by atoms with van der Waals surface area (Å²) in [6, 6.07) is 4.50. The minimum absolute atomic E-state index is 0.701. The monoisotopic (exact) mass is 240 g/mol. The van der Waals surface area contributed by atoms with Crippen molar-refractivity contribution >= 4 is 17.9 Å². The van der Waals surface area contributed by atoms with E-state index in [-0.39, 0.29) is 0 Å². The maximum absolute atomic E-state index is 11.0. The number of carboxylic acids is 3. The Bertz CT molecular complexity index is 455. The van der Waals surface area contributed by atoms with Crippen LogP contribution in [0.2, 0.25) is 0 Å². The molecule has 90 valence electrons. The number of hydrogen-bond donors (Lipinski definition) is 4. The Morgan fingerprint density at radius 2 is 1.29 bits per heavy atom. The first-order chi connectivity index (χ1) is 7.85. The molecule has 0 saturated carbocycles. The molecular formula is C10H8O7. The number of phenolic OH excluding ortho intramolecular Hbond substituents is 1.